The van der Waals surface area contributed by atoms with Gasteiger partial charge in [-0.15, -0.1) is 11.3 Å². The fourth-order valence-electron chi connectivity index (χ4n) is 2.75. The van der Waals surface area contributed by atoms with Crippen molar-refractivity contribution in [2.75, 3.05) is 37.6 Å². The number of hydrogen-bond acceptors (Lipinski definition) is 5. The van der Waals surface area contributed by atoms with E-state index >= 15 is 0 Å². The minimum atomic E-state index is 0.326. The average molecular weight is 367 g/mol. The highest BCUT2D eigenvalue weighted by molar-refractivity contribution is 9.10. The second-order valence-corrected chi connectivity index (χ2v) is 6.99. The van der Waals surface area contributed by atoms with E-state index in [1.54, 1.807) is 11.3 Å². The van der Waals surface area contributed by atoms with Crippen LogP contribution in [0.5, 0.6) is 0 Å². The topological polar surface area (TPSA) is 45.4 Å². The Labute approximate surface area is 137 Å². The van der Waals surface area contributed by atoms with Gasteiger partial charge in [-0.05, 0) is 34.1 Å². The minimum absolute atomic E-state index is 0.326. The molecule has 1 saturated heterocycles. The molecule has 21 heavy (non-hydrogen) atoms. The van der Waals surface area contributed by atoms with Crippen molar-refractivity contribution in [3.05, 3.63) is 45.2 Å². The first-order valence-corrected chi connectivity index (χ1v) is 8.79. The lowest BCUT2D eigenvalue weighted by Gasteiger charge is -2.39. The van der Waals surface area contributed by atoms with Crippen LogP contribution in [-0.4, -0.2) is 42.6 Å². The summed E-state index contributed by atoms with van der Waals surface area (Å²) in [5, 5.41) is 2.13. The number of nitrogens with zero attached hydrogens (tertiary/aromatic N) is 3. The lowest BCUT2D eigenvalue weighted by Crippen LogP contribution is -2.49. The molecule has 6 heteroatoms. The van der Waals surface area contributed by atoms with Crippen molar-refractivity contribution in [1.82, 2.24) is 9.88 Å². The third-order valence-electron chi connectivity index (χ3n) is 3.87. The molecule has 112 valence electrons. The van der Waals surface area contributed by atoms with Gasteiger partial charge in [0.25, 0.3) is 0 Å². The molecular weight excluding hydrogens is 348 g/mol. The van der Waals surface area contributed by atoms with E-state index in [0.717, 1.165) is 36.5 Å². The third kappa shape index (κ3) is 3.45. The Hall–Kier alpha value is -0.950. The number of thiophene rings is 1. The van der Waals surface area contributed by atoms with Crippen LogP contribution in [0.3, 0.4) is 0 Å². The lowest BCUT2D eigenvalue weighted by atomic mass is 10.1. The van der Waals surface area contributed by atoms with Gasteiger partial charge >= 0.3 is 0 Å². The SMILES string of the molecule is NCC(c1cc(Br)cs1)N1CCN(c2ccccn2)CC1. The van der Waals surface area contributed by atoms with Crippen molar-refractivity contribution in [2.24, 2.45) is 5.73 Å². The number of pyridine rings is 1. The van der Waals surface area contributed by atoms with Crippen LogP contribution in [0.4, 0.5) is 5.82 Å². The Bertz CT molecular complexity index is 566. The van der Waals surface area contributed by atoms with Gasteiger partial charge in [0.2, 0.25) is 0 Å². The van der Waals surface area contributed by atoms with Crippen molar-refractivity contribution < 1.29 is 0 Å². The molecular formula is C15H19BrN4S. The molecule has 0 amide bonds. The summed E-state index contributed by atoms with van der Waals surface area (Å²) in [7, 11) is 0. The van der Waals surface area contributed by atoms with E-state index in [2.05, 4.69) is 48.2 Å². The molecule has 1 fully saturated rings. The standard InChI is InChI=1S/C15H19BrN4S/c16-12-9-14(21-11-12)13(10-17)19-5-7-20(8-6-19)15-3-1-2-4-18-15/h1-4,9,11,13H,5-8,10,17H2. The van der Waals surface area contributed by atoms with Crippen LogP contribution in [0, 0.1) is 0 Å². The van der Waals surface area contributed by atoms with Crippen LogP contribution >= 0.6 is 27.3 Å². The Balaban J connectivity index is 1.64. The molecule has 1 aliphatic rings. The molecule has 2 N–H and O–H groups in total. The molecule has 0 aromatic carbocycles. The molecule has 3 heterocycles. The summed E-state index contributed by atoms with van der Waals surface area (Å²) in [4.78, 5) is 10.6. The van der Waals surface area contributed by atoms with Gasteiger partial charge < -0.3 is 10.6 Å². The molecule has 1 aliphatic heterocycles. The number of hydrogen-bond donors (Lipinski definition) is 1. The average Bonchev–Trinajstić information content (AvgIpc) is 2.96. The van der Waals surface area contributed by atoms with E-state index in [0.29, 0.717) is 12.6 Å². The number of aromatic nitrogens is 1. The number of piperazine rings is 1. The van der Waals surface area contributed by atoms with E-state index < -0.39 is 0 Å². The number of anilines is 1. The van der Waals surface area contributed by atoms with E-state index in [-0.39, 0.29) is 0 Å². The van der Waals surface area contributed by atoms with Crippen LogP contribution in [0.25, 0.3) is 0 Å². The zero-order chi connectivity index (χ0) is 14.7. The zero-order valence-electron chi connectivity index (χ0n) is 11.8. The maximum absolute atomic E-state index is 6.01. The van der Waals surface area contributed by atoms with Gasteiger partial charge in [-0.2, -0.15) is 0 Å². The van der Waals surface area contributed by atoms with E-state index in [1.807, 2.05) is 18.3 Å². The highest BCUT2D eigenvalue weighted by atomic mass is 79.9. The van der Waals surface area contributed by atoms with Gasteiger partial charge in [0.05, 0.1) is 6.04 Å². The Morgan fingerprint density at radius 2 is 2.10 bits per heavy atom. The van der Waals surface area contributed by atoms with Crippen molar-refractivity contribution >= 4 is 33.1 Å². The monoisotopic (exact) mass is 366 g/mol. The molecule has 4 nitrogen and oxygen atoms in total. The second kappa shape index (κ2) is 6.87. The fraction of sp³-hybridized carbons (Fsp3) is 0.400. The number of nitrogens with two attached hydrogens (primary N) is 1. The molecule has 0 spiro atoms. The summed E-state index contributed by atoms with van der Waals surface area (Å²) in [6.45, 7) is 4.71. The van der Waals surface area contributed by atoms with Gasteiger partial charge in [-0.25, -0.2) is 4.98 Å². The van der Waals surface area contributed by atoms with Crippen LogP contribution in [-0.2, 0) is 0 Å². The van der Waals surface area contributed by atoms with Gasteiger partial charge in [0, 0.05) is 53.7 Å². The Morgan fingerprint density at radius 1 is 1.29 bits per heavy atom. The quantitative estimate of drug-likeness (QED) is 0.903. The smallest absolute Gasteiger partial charge is 0.128 e. The van der Waals surface area contributed by atoms with Crippen LogP contribution in [0.15, 0.2) is 40.3 Å². The molecule has 2 aromatic rings. The first-order valence-electron chi connectivity index (χ1n) is 7.12. The van der Waals surface area contributed by atoms with Crippen LogP contribution < -0.4 is 10.6 Å². The maximum atomic E-state index is 6.01. The van der Waals surface area contributed by atoms with Crippen LogP contribution in [0.1, 0.15) is 10.9 Å². The summed E-state index contributed by atoms with van der Waals surface area (Å²) in [6, 6.07) is 8.59. The summed E-state index contributed by atoms with van der Waals surface area (Å²) >= 11 is 5.31. The van der Waals surface area contributed by atoms with Crippen molar-refractivity contribution in [2.45, 2.75) is 6.04 Å². The first-order chi connectivity index (χ1) is 10.3. The molecule has 0 bridgehead atoms. The third-order valence-corrected chi connectivity index (χ3v) is 5.66. The van der Waals surface area contributed by atoms with Crippen molar-refractivity contribution in [3.8, 4) is 0 Å². The fourth-order valence-corrected chi connectivity index (χ4v) is 4.34. The van der Waals surface area contributed by atoms with E-state index in [9.17, 15) is 0 Å². The summed E-state index contributed by atoms with van der Waals surface area (Å²) in [5.74, 6) is 1.07. The summed E-state index contributed by atoms with van der Waals surface area (Å²) < 4.78 is 1.15. The van der Waals surface area contributed by atoms with Gasteiger partial charge in [0.1, 0.15) is 5.82 Å². The lowest BCUT2D eigenvalue weighted by molar-refractivity contribution is 0.192. The second-order valence-electron chi connectivity index (χ2n) is 5.13. The summed E-state index contributed by atoms with van der Waals surface area (Å²) in [5.41, 5.74) is 6.01. The molecule has 0 radical (unpaired) electrons. The minimum Gasteiger partial charge on any atom is -0.354 e. The van der Waals surface area contributed by atoms with Gasteiger partial charge in [0.15, 0.2) is 0 Å². The van der Waals surface area contributed by atoms with Crippen molar-refractivity contribution in [3.63, 3.8) is 0 Å². The molecule has 2 aromatic heterocycles. The molecule has 0 saturated carbocycles. The predicted octanol–water partition coefficient (Wildman–Crippen LogP) is 2.73. The predicted molar refractivity (Wildman–Crippen MR) is 91.8 cm³/mol. The maximum Gasteiger partial charge on any atom is 0.128 e. The Morgan fingerprint density at radius 3 is 2.67 bits per heavy atom. The highest BCUT2D eigenvalue weighted by Gasteiger charge is 2.25. The van der Waals surface area contributed by atoms with Gasteiger partial charge in [-0.1, -0.05) is 6.07 Å². The normalized spacial score (nSPS) is 17.9. The largest absolute Gasteiger partial charge is 0.354 e. The molecule has 1 unspecified atom stereocenters. The number of halogens is 1. The molecule has 3 rings (SSSR count). The number of rotatable bonds is 4. The summed E-state index contributed by atoms with van der Waals surface area (Å²) in [6.07, 6.45) is 1.85. The Kier molecular flexibility index (Phi) is 4.90. The van der Waals surface area contributed by atoms with E-state index in [4.69, 9.17) is 5.73 Å². The van der Waals surface area contributed by atoms with Gasteiger partial charge in [-0.3, -0.25) is 4.90 Å². The first kappa shape index (κ1) is 15.0. The zero-order valence-corrected chi connectivity index (χ0v) is 14.2. The molecule has 1 atom stereocenters. The molecule has 0 aliphatic carbocycles. The van der Waals surface area contributed by atoms with Crippen molar-refractivity contribution in [1.29, 1.82) is 0 Å². The van der Waals surface area contributed by atoms with Crippen LogP contribution in [0.2, 0.25) is 0 Å². The highest BCUT2D eigenvalue weighted by Crippen LogP contribution is 2.30. The van der Waals surface area contributed by atoms with E-state index in [1.165, 1.54) is 4.88 Å².